The molecule has 0 unspecified atom stereocenters. The number of nitrogens with one attached hydrogen (secondary N) is 1. The first kappa shape index (κ1) is 19.4. The van der Waals surface area contributed by atoms with Gasteiger partial charge >= 0.3 is 0 Å². The van der Waals surface area contributed by atoms with Gasteiger partial charge < -0.3 is 9.88 Å². The van der Waals surface area contributed by atoms with Crippen molar-refractivity contribution in [3.05, 3.63) is 63.7 Å². The highest BCUT2D eigenvalue weighted by Gasteiger charge is 2.14. The molecular weight excluding hydrogens is 354 g/mol. The summed E-state index contributed by atoms with van der Waals surface area (Å²) < 4.78 is 2.07. The number of aromatic nitrogens is 2. The second-order valence-electron chi connectivity index (χ2n) is 6.92. The Morgan fingerprint density at radius 3 is 2.63 bits per heavy atom. The number of thiazole rings is 1. The van der Waals surface area contributed by atoms with E-state index in [0.29, 0.717) is 6.54 Å². The fourth-order valence-corrected chi connectivity index (χ4v) is 3.93. The van der Waals surface area contributed by atoms with Gasteiger partial charge in [0.1, 0.15) is 6.54 Å². The number of benzene rings is 1. The van der Waals surface area contributed by atoms with Crippen molar-refractivity contribution in [1.29, 1.82) is 0 Å². The fraction of sp³-hybridized carbons (Fsp3) is 0.364. The van der Waals surface area contributed by atoms with E-state index in [9.17, 15) is 4.79 Å². The Balaban J connectivity index is 1.48. The number of amides is 1. The number of nitrogens with zero attached hydrogens (tertiary/aromatic N) is 2. The first-order chi connectivity index (χ1) is 13.0. The molecular formula is C22H27N3OS. The number of carbonyl (C=O) groups is 1. The van der Waals surface area contributed by atoms with Gasteiger partial charge in [0.15, 0.2) is 0 Å². The highest BCUT2D eigenvalue weighted by molar-refractivity contribution is 7.09. The van der Waals surface area contributed by atoms with Crippen molar-refractivity contribution in [3.63, 3.8) is 0 Å². The molecule has 5 heteroatoms. The van der Waals surface area contributed by atoms with E-state index in [1.807, 2.05) is 19.9 Å². The van der Waals surface area contributed by atoms with Gasteiger partial charge in [0.25, 0.3) is 0 Å². The molecule has 2 heterocycles. The van der Waals surface area contributed by atoms with Crippen LogP contribution in [-0.4, -0.2) is 22.0 Å². The van der Waals surface area contributed by atoms with E-state index in [1.54, 1.807) is 11.3 Å². The van der Waals surface area contributed by atoms with Crippen LogP contribution < -0.4 is 5.32 Å². The predicted molar refractivity (Wildman–Crippen MR) is 112 cm³/mol. The highest BCUT2D eigenvalue weighted by atomic mass is 32.1. The maximum Gasteiger partial charge on any atom is 0.239 e. The van der Waals surface area contributed by atoms with Crippen LogP contribution in [0.4, 0.5) is 0 Å². The summed E-state index contributed by atoms with van der Waals surface area (Å²) in [6, 6.07) is 12.6. The van der Waals surface area contributed by atoms with Crippen LogP contribution in [0.2, 0.25) is 0 Å². The Bertz CT molecular complexity index is 896. The molecule has 142 valence electrons. The lowest BCUT2D eigenvalue weighted by Crippen LogP contribution is -2.29. The van der Waals surface area contributed by atoms with Crippen LogP contribution in [0.15, 0.2) is 41.8 Å². The van der Waals surface area contributed by atoms with Gasteiger partial charge in [-0.15, -0.1) is 11.3 Å². The van der Waals surface area contributed by atoms with Crippen molar-refractivity contribution in [1.82, 2.24) is 14.9 Å². The summed E-state index contributed by atoms with van der Waals surface area (Å²) in [7, 11) is 0. The number of aryl methyl sites for hydroxylation is 3. The van der Waals surface area contributed by atoms with Crippen molar-refractivity contribution in [3.8, 4) is 11.3 Å². The number of hydrogen-bond donors (Lipinski definition) is 1. The first-order valence-electron chi connectivity index (χ1n) is 9.44. The van der Waals surface area contributed by atoms with Gasteiger partial charge in [-0.1, -0.05) is 30.3 Å². The Morgan fingerprint density at radius 2 is 1.93 bits per heavy atom. The summed E-state index contributed by atoms with van der Waals surface area (Å²) in [5, 5.41) is 6.19. The Morgan fingerprint density at radius 1 is 1.15 bits per heavy atom. The second-order valence-corrected chi connectivity index (χ2v) is 7.98. The SMILES string of the molecule is Cc1nc(-c2cc(C)n(CC(=O)NCCCCc3ccccc3)c2C)cs1. The molecule has 0 fully saturated rings. The molecule has 0 atom stereocenters. The molecule has 0 aliphatic rings. The molecule has 1 N–H and O–H groups in total. The molecule has 27 heavy (non-hydrogen) atoms. The van der Waals surface area contributed by atoms with Crippen molar-refractivity contribution in [2.24, 2.45) is 0 Å². The third-order valence-electron chi connectivity index (χ3n) is 4.83. The molecule has 3 rings (SSSR count). The molecule has 1 amide bonds. The van der Waals surface area contributed by atoms with Gasteiger partial charge in [-0.05, 0) is 51.7 Å². The lowest BCUT2D eigenvalue weighted by atomic mass is 10.1. The number of hydrogen-bond acceptors (Lipinski definition) is 3. The maximum atomic E-state index is 12.4. The first-order valence-corrected chi connectivity index (χ1v) is 10.3. The molecule has 0 radical (unpaired) electrons. The van der Waals surface area contributed by atoms with Crippen molar-refractivity contribution in [2.45, 2.75) is 46.6 Å². The molecule has 3 aromatic rings. The van der Waals surface area contributed by atoms with Crippen molar-refractivity contribution >= 4 is 17.2 Å². The van der Waals surface area contributed by atoms with Crippen LogP contribution in [0.3, 0.4) is 0 Å². The summed E-state index contributed by atoms with van der Waals surface area (Å²) in [6.07, 6.45) is 3.13. The van der Waals surface area contributed by atoms with E-state index in [0.717, 1.165) is 53.5 Å². The van der Waals surface area contributed by atoms with E-state index in [-0.39, 0.29) is 5.91 Å². The van der Waals surface area contributed by atoms with Crippen LogP contribution in [0.5, 0.6) is 0 Å². The molecule has 0 spiro atoms. The Kier molecular flexibility index (Phi) is 6.45. The zero-order valence-corrected chi connectivity index (χ0v) is 17.1. The van der Waals surface area contributed by atoms with Crippen LogP contribution in [0.1, 0.15) is 34.8 Å². The lowest BCUT2D eigenvalue weighted by Gasteiger charge is -2.10. The quantitative estimate of drug-likeness (QED) is 0.576. The summed E-state index contributed by atoms with van der Waals surface area (Å²) >= 11 is 1.65. The number of carbonyl (C=O) groups excluding carboxylic acids is 1. The monoisotopic (exact) mass is 381 g/mol. The minimum absolute atomic E-state index is 0.0671. The van der Waals surface area contributed by atoms with Crippen LogP contribution in [0.25, 0.3) is 11.3 Å². The Labute approximate surface area is 165 Å². The van der Waals surface area contributed by atoms with E-state index >= 15 is 0 Å². The van der Waals surface area contributed by atoms with Crippen LogP contribution in [-0.2, 0) is 17.8 Å². The third-order valence-corrected chi connectivity index (χ3v) is 5.60. The van der Waals surface area contributed by atoms with Crippen LogP contribution >= 0.6 is 11.3 Å². The lowest BCUT2D eigenvalue weighted by molar-refractivity contribution is -0.121. The van der Waals surface area contributed by atoms with Gasteiger partial charge in [-0.3, -0.25) is 4.79 Å². The van der Waals surface area contributed by atoms with E-state index in [1.165, 1.54) is 5.56 Å². The zero-order chi connectivity index (χ0) is 19.2. The largest absolute Gasteiger partial charge is 0.355 e. The van der Waals surface area contributed by atoms with E-state index < -0.39 is 0 Å². The molecule has 0 saturated carbocycles. The van der Waals surface area contributed by atoms with Crippen molar-refractivity contribution in [2.75, 3.05) is 6.54 Å². The minimum atomic E-state index is 0.0671. The van der Waals surface area contributed by atoms with Gasteiger partial charge in [-0.25, -0.2) is 4.98 Å². The smallest absolute Gasteiger partial charge is 0.239 e. The van der Waals surface area contributed by atoms with Gasteiger partial charge in [0, 0.05) is 28.9 Å². The molecule has 2 aromatic heterocycles. The third kappa shape index (κ3) is 5.07. The van der Waals surface area contributed by atoms with Gasteiger partial charge in [-0.2, -0.15) is 0 Å². The average molecular weight is 382 g/mol. The van der Waals surface area contributed by atoms with Crippen LogP contribution in [0, 0.1) is 20.8 Å². The van der Waals surface area contributed by atoms with Crippen molar-refractivity contribution < 1.29 is 4.79 Å². The molecule has 0 bridgehead atoms. The molecule has 0 aliphatic heterocycles. The normalized spacial score (nSPS) is 10.9. The molecule has 4 nitrogen and oxygen atoms in total. The average Bonchev–Trinajstić information content (AvgIpc) is 3.20. The maximum absolute atomic E-state index is 12.4. The summed E-state index contributed by atoms with van der Waals surface area (Å²) in [5.41, 5.74) is 5.65. The standard InChI is InChI=1S/C22H27N3OS/c1-16-13-20(21-15-27-18(3)24-21)17(2)25(16)14-22(26)23-12-8-7-11-19-9-5-4-6-10-19/h4-6,9-10,13,15H,7-8,11-12,14H2,1-3H3,(H,23,26). The topological polar surface area (TPSA) is 46.9 Å². The molecule has 1 aromatic carbocycles. The minimum Gasteiger partial charge on any atom is -0.355 e. The van der Waals surface area contributed by atoms with E-state index in [2.05, 4.69) is 57.5 Å². The summed E-state index contributed by atoms with van der Waals surface area (Å²) in [6.45, 7) is 7.20. The Hall–Kier alpha value is -2.40. The number of rotatable bonds is 8. The van der Waals surface area contributed by atoms with Gasteiger partial charge in [0.2, 0.25) is 5.91 Å². The fourth-order valence-electron chi connectivity index (χ4n) is 3.32. The van der Waals surface area contributed by atoms with Gasteiger partial charge in [0.05, 0.1) is 10.7 Å². The summed E-state index contributed by atoms with van der Waals surface area (Å²) in [4.78, 5) is 16.9. The number of unbranched alkanes of at least 4 members (excludes halogenated alkanes) is 1. The summed E-state index contributed by atoms with van der Waals surface area (Å²) in [5.74, 6) is 0.0671. The second kappa shape index (κ2) is 9.00. The molecule has 0 aliphatic carbocycles. The van der Waals surface area contributed by atoms with E-state index in [4.69, 9.17) is 0 Å². The molecule has 0 saturated heterocycles. The highest BCUT2D eigenvalue weighted by Crippen LogP contribution is 2.27. The predicted octanol–water partition coefficient (Wildman–Crippen LogP) is 4.68. The zero-order valence-electron chi connectivity index (χ0n) is 16.3.